The molecule has 5 heteroatoms. The second-order valence-corrected chi connectivity index (χ2v) is 3.62. The summed E-state index contributed by atoms with van der Waals surface area (Å²) in [5.74, 6) is -0.295. The van der Waals surface area contributed by atoms with E-state index in [1.165, 1.54) is 24.3 Å². The first-order valence-corrected chi connectivity index (χ1v) is 5.27. The molecule has 2 aromatic rings. The highest BCUT2D eigenvalue weighted by Gasteiger charge is 2.09. The predicted octanol–water partition coefficient (Wildman–Crippen LogP) is 2.85. The van der Waals surface area contributed by atoms with E-state index in [0.717, 1.165) is 0 Å². The number of carbonyl (C=O) groups excluding carboxylic acids is 1. The molecule has 0 saturated heterocycles. The molecule has 0 aliphatic heterocycles. The molecule has 0 aliphatic rings. The van der Waals surface area contributed by atoms with Gasteiger partial charge in [0.05, 0.1) is 4.92 Å². The lowest BCUT2D eigenvalue weighted by Gasteiger charge is -2.04. The number of nitrogens with zero attached hydrogens (tertiary/aromatic N) is 1. The summed E-state index contributed by atoms with van der Waals surface area (Å²) in [6, 6.07) is 14.5. The summed E-state index contributed by atoms with van der Waals surface area (Å²) in [4.78, 5) is 21.8. The maximum atomic E-state index is 11.8. The number of carbonyl (C=O) groups is 1. The van der Waals surface area contributed by atoms with Gasteiger partial charge in [0.2, 0.25) is 0 Å². The molecule has 5 nitrogen and oxygen atoms in total. The summed E-state index contributed by atoms with van der Waals surface area (Å²) < 4.78 is 0. The Morgan fingerprint density at radius 2 is 1.61 bits per heavy atom. The minimum Gasteiger partial charge on any atom is -0.322 e. The van der Waals surface area contributed by atoms with Gasteiger partial charge in [-0.1, -0.05) is 18.2 Å². The molecule has 18 heavy (non-hydrogen) atoms. The highest BCUT2D eigenvalue weighted by atomic mass is 16.6. The smallest absolute Gasteiger partial charge is 0.269 e. The maximum Gasteiger partial charge on any atom is 0.269 e. The highest BCUT2D eigenvalue weighted by Crippen LogP contribution is 2.13. The summed E-state index contributed by atoms with van der Waals surface area (Å²) in [5.41, 5.74) is 1.02. The van der Waals surface area contributed by atoms with E-state index in [4.69, 9.17) is 0 Å². The third-order valence-corrected chi connectivity index (χ3v) is 2.37. The van der Waals surface area contributed by atoms with Crippen molar-refractivity contribution in [1.82, 2.24) is 0 Å². The van der Waals surface area contributed by atoms with Gasteiger partial charge in [-0.3, -0.25) is 14.9 Å². The summed E-state index contributed by atoms with van der Waals surface area (Å²) in [6.07, 6.45) is 0. The summed E-state index contributed by atoms with van der Waals surface area (Å²) in [6.45, 7) is 0. The van der Waals surface area contributed by atoms with Gasteiger partial charge < -0.3 is 5.32 Å². The number of nitro groups is 1. The van der Waals surface area contributed by atoms with E-state index in [9.17, 15) is 14.9 Å². The molecule has 90 valence electrons. The monoisotopic (exact) mass is 242 g/mol. The minimum atomic E-state index is -0.501. The van der Waals surface area contributed by atoms with Gasteiger partial charge in [0.1, 0.15) is 0 Å². The van der Waals surface area contributed by atoms with E-state index in [1.54, 1.807) is 12.1 Å². The Balaban J connectivity index is 2.12. The lowest BCUT2D eigenvalue weighted by Crippen LogP contribution is -2.11. The Morgan fingerprint density at radius 3 is 2.17 bits per heavy atom. The van der Waals surface area contributed by atoms with Gasteiger partial charge in [0, 0.05) is 23.4 Å². The van der Waals surface area contributed by atoms with Crippen LogP contribution in [0.3, 0.4) is 0 Å². The van der Waals surface area contributed by atoms with Crippen LogP contribution in [-0.4, -0.2) is 10.8 Å². The van der Waals surface area contributed by atoms with Crippen molar-refractivity contribution in [3.63, 3.8) is 0 Å². The molecule has 1 amide bonds. The SMILES string of the molecule is O=C(Nc1ccccc1)c1ccc([N+](=O)[O-])cc1. The zero-order chi connectivity index (χ0) is 13.0. The number of anilines is 1. The van der Waals surface area contributed by atoms with E-state index < -0.39 is 4.92 Å². The van der Waals surface area contributed by atoms with Crippen LogP contribution in [0.1, 0.15) is 10.4 Å². The van der Waals surface area contributed by atoms with Gasteiger partial charge in [-0.15, -0.1) is 0 Å². The molecule has 0 bridgehead atoms. The number of hydrogen-bond donors (Lipinski definition) is 1. The van der Waals surface area contributed by atoms with Crippen LogP contribution < -0.4 is 5.32 Å². The van der Waals surface area contributed by atoms with Crippen molar-refractivity contribution in [2.24, 2.45) is 0 Å². The lowest BCUT2D eigenvalue weighted by molar-refractivity contribution is -0.384. The molecule has 0 heterocycles. The van der Waals surface area contributed by atoms with Gasteiger partial charge in [-0.2, -0.15) is 0 Å². The topological polar surface area (TPSA) is 72.2 Å². The minimum absolute atomic E-state index is 0.0359. The lowest BCUT2D eigenvalue weighted by atomic mass is 10.2. The van der Waals surface area contributed by atoms with Gasteiger partial charge in [-0.25, -0.2) is 0 Å². The molecule has 0 aliphatic carbocycles. The number of rotatable bonds is 3. The molecule has 0 fully saturated rings. The Kier molecular flexibility index (Phi) is 3.33. The van der Waals surface area contributed by atoms with Crippen LogP contribution >= 0.6 is 0 Å². The number of non-ortho nitro benzene ring substituents is 1. The molecule has 0 saturated carbocycles. The number of nitro benzene ring substituents is 1. The van der Waals surface area contributed by atoms with Gasteiger partial charge in [-0.05, 0) is 24.3 Å². The molecular formula is C13H10N2O3. The maximum absolute atomic E-state index is 11.8. The standard InChI is InChI=1S/C13H10N2O3/c16-13(14-11-4-2-1-3-5-11)10-6-8-12(9-7-10)15(17)18/h1-9H,(H,14,16). The molecule has 2 rings (SSSR count). The fourth-order valence-electron chi connectivity index (χ4n) is 1.46. The van der Waals surface area contributed by atoms with Crippen LogP contribution in [-0.2, 0) is 0 Å². The second-order valence-electron chi connectivity index (χ2n) is 3.62. The van der Waals surface area contributed by atoms with Crippen molar-refractivity contribution < 1.29 is 9.72 Å². The largest absolute Gasteiger partial charge is 0.322 e. The number of nitrogens with one attached hydrogen (secondary N) is 1. The van der Waals surface area contributed by atoms with E-state index in [-0.39, 0.29) is 11.6 Å². The average molecular weight is 242 g/mol. The van der Waals surface area contributed by atoms with Crippen LogP contribution in [0.4, 0.5) is 11.4 Å². The quantitative estimate of drug-likeness (QED) is 0.664. The molecular weight excluding hydrogens is 232 g/mol. The first-order chi connectivity index (χ1) is 8.66. The molecule has 0 unspecified atom stereocenters. The van der Waals surface area contributed by atoms with E-state index in [2.05, 4.69) is 5.32 Å². The average Bonchev–Trinajstić information content (AvgIpc) is 2.40. The first-order valence-electron chi connectivity index (χ1n) is 5.27. The fraction of sp³-hybridized carbons (Fsp3) is 0. The van der Waals surface area contributed by atoms with Gasteiger partial charge >= 0.3 is 0 Å². The predicted molar refractivity (Wildman–Crippen MR) is 67.5 cm³/mol. The number of amides is 1. The first kappa shape index (κ1) is 11.8. The molecule has 0 aromatic heterocycles. The zero-order valence-corrected chi connectivity index (χ0v) is 9.37. The number of hydrogen-bond acceptors (Lipinski definition) is 3. The normalized spacial score (nSPS) is 9.78. The van der Waals surface area contributed by atoms with Crippen molar-refractivity contribution in [3.05, 3.63) is 70.3 Å². The van der Waals surface area contributed by atoms with E-state index in [1.807, 2.05) is 18.2 Å². The third-order valence-electron chi connectivity index (χ3n) is 2.37. The number of para-hydroxylation sites is 1. The van der Waals surface area contributed by atoms with Crippen molar-refractivity contribution >= 4 is 17.3 Å². The highest BCUT2D eigenvalue weighted by molar-refractivity contribution is 6.04. The molecule has 0 spiro atoms. The summed E-state index contributed by atoms with van der Waals surface area (Å²) >= 11 is 0. The van der Waals surface area contributed by atoms with Crippen molar-refractivity contribution in [3.8, 4) is 0 Å². The van der Waals surface area contributed by atoms with E-state index in [0.29, 0.717) is 11.3 Å². The Bertz CT molecular complexity index is 565. The van der Waals surface area contributed by atoms with Crippen LogP contribution in [0.5, 0.6) is 0 Å². The fourth-order valence-corrected chi connectivity index (χ4v) is 1.46. The van der Waals surface area contributed by atoms with Crippen LogP contribution in [0.2, 0.25) is 0 Å². The molecule has 2 aromatic carbocycles. The molecule has 1 N–H and O–H groups in total. The van der Waals surface area contributed by atoms with Gasteiger partial charge in [0.25, 0.3) is 11.6 Å². The van der Waals surface area contributed by atoms with Crippen LogP contribution in [0.15, 0.2) is 54.6 Å². The van der Waals surface area contributed by atoms with Crippen molar-refractivity contribution in [2.75, 3.05) is 5.32 Å². The van der Waals surface area contributed by atoms with Crippen LogP contribution in [0, 0.1) is 10.1 Å². The Hall–Kier alpha value is -2.69. The van der Waals surface area contributed by atoms with Gasteiger partial charge in [0.15, 0.2) is 0 Å². The third kappa shape index (κ3) is 2.70. The Labute approximate surface area is 103 Å². The second kappa shape index (κ2) is 5.09. The van der Waals surface area contributed by atoms with Crippen molar-refractivity contribution in [2.45, 2.75) is 0 Å². The van der Waals surface area contributed by atoms with E-state index >= 15 is 0 Å². The summed E-state index contributed by atoms with van der Waals surface area (Å²) in [7, 11) is 0. The summed E-state index contributed by atoms with van der Waals surface area (Å²) in [5, 5.41) is 13.2. The Morgan fingerprint density at radius 1 is 1.00 bits per heavy atom. The van der Waals surface area contributed by atoms with Crippen molar-refractivity contribution in [1.29, 1.82) is 0 Å². The zero-order valence-electron chi connectivity index (χ0n) is 9.37. The van der Waals surface area contributed by atoms with Crippen LogP contribution in [0.25, 0.3) is 0 Å². The number of benzene rings is 2. The molecule has 0 radical (unpaired) electrons. The molecule has 0 atom stereocenters.